The second kappa shape index (κ2) is 7.10. The van der Waals surface area contributed by atoms with Gasteiger partial charge in [-0.1, -0.05) is 37.6 Å². The highest BCUT2D eigenvalue weighted by molar-refractivity contribution is 5.92. The van der Waals surface area contributed by atoms with Crippen molar-refractivity contribution in [1.82, 2.24) is 5.32 Å². The predicted octanol–water partition coefficient (Wildman–Crippen LogP) is 2.45. The van der Waals surface area contributed by atoms with Gasteiger partial charge >= 0.3 is 0 Å². The van der Waals surface area contributed by atoms with E-state index in [-0.39, 0.29) is 24.5 Å². The summed E-state index contributed by atoms with van der Waals surface area (Å²) in [4.78, 5) is 11.8. The molecule has 0 heterocycles. The average molecular weight is 261 g/mol. The van der Waals surface area contributed by atoms with Crippen molar-refractivity contribution in [2.75, 3.05) is 6.61 Å². The van der Waals surface area contributed by atoms with Crippen LogP contribution in [0.5, 0.6) is 0 Å². The number of aryl methyl sites for hydroxylation is 2. The van der Waals surface area contributed by atoms with Gasteiger partial charge in [0.1, 0.15) is 0 Å². The van der Waals surface area contributed by atoms with Gasteiger partial charge in [-0.05, 0) is 37.0 Å². The van der Waals surface area contributed by atoms with Gasteiger partial charge in [-0.25, -0.2) is 0 Å². The van der Waals surface area contributed by atoms with Crippen LogP contribution in [0.1, 0.15) is 30.5 Å². The number of rotatable bonds is 5. The zero-order valence-electron chi connectivity index (χ0n) is 12.1. The maximum absolute atomic E-state index is 11.8. The van der Waals surface area contributed by atoms with Crippen molar-refractivity contribution in [3.05, 3.63) is 41.0 Å². The molecule has 1 rings (SSSR count). The molecule has 0 saturated heterocycles. The molecule has 0 aliphatic heterocycles. The largest absolute Gasteiger partial charge is 0.394 e. The Morgan fingerprint density at radius 2 is 2.05 bits per heavy atom. The molecule has 104 valence electrons. The maximum Gasteiger partial charge on any atom is 0.244 e. The molecule has 0 aliphatic rings. The molecule has 0 fully saturated rings. The summed E-state index contributed by atoms with van der Waals surface area (Å²) in [7, 11) is 0. The van der Waals surface area contributed by atoms with Crippen LogP contribution in [-0.2, 0) is 4.79 Å². The Hall–Kier alpha value is -1.61. The Morgan fingerprint density at radius 1 is 1.37 bits per heavy atom. The molecule has 1 atom stereocenters. The Morgan fingerprint density at radius 3 is 2.58 bits per heavy atom. The van der Waals surface area contributed by atoms with Gasteiger partial charge in [-0.3, -0.25) is 4.79 Å². The van der Waals surface area contributed by atoms with Crippen molar-refractivity contribution < 1.29 is 9.90 Å². The van der Waals surface area contributed by atoms with Crippen molar-refractivity contribution in [3.8, 4) is 0 Å². The fraction of sp³-hybridized carbons (Fsp3) is 0.438. The second-order valence-corrected chi connectivity index (χ2v) is 5.24. The molecule has 1 aromatic carbocycles. The lowest BCUT2D eigenvalue weighted by Crippen LogP contribution is -2.40. The highest BCUT2D eigenvalue weighted by Gasteiger charge is 2.13. The minimum atomic E-state index is -0.198. The fourth-order valence-corrected chi connectivity index (χ4v) is 1.83. The molecule has 0 bridgehead atoms. The smallest absolute Gasteiger partial charge is 0.244 e. The molecule has 3 heteroatoms. The number of carbonyl (C=O) groups excluding carboxylic acids is 1. The van der Waals surface area contributed by atoms with E-state index in [1.807, 2.05) is 39.8 Å². The summed E-state index contributed by atoms with van der Waals surface area (Å²) in [6, 6.07) is 5.91. The van der Waals surface area contributed by atoms with Crippen LogP contribution in [0.4, 0.5) is 0 Å². The van der Waals surface area contributed by atoms with Gasteiger partial charge < -0.3 is 10.4 Å². The maximum atomic E-state index is 11.8. The lowest BCUT2D eigenvalue weighted by atomic mass is 10.0. The Bertz CT molecular complexity index is 464. The van der Waals surface area contributed by atoms with Crippen molar-refractivity contribution in [2.45, 2.75) is 33.7 Å². The zero-order valence-corrected chi connectivity index (χ0v) is 12.1. The lowest BCUT2D eigenvalue weighted by Gasteiger charge is -2.18. The summed E-state index contributed by atoms with van der Waals surface area (Å²) in [5.41, 5.74) is 3.39. The number of aliphatic hydroxyl groups is 1. The predicted molar refractivity (Wildman–Crippen MR) is 78.8 cm³/mol. The number of amides is 1. The van der Waals surface area contributed by atoms with Crippen LogP contribution < -0.4 is 5.32 Å². The lowest BCUT2D eigenvalue weighted by molar-refractivity contribution is -0.117. The van der Waals surface area contributed by atoms with Crippen molar-refractivity contribution >= 4 is 12.0 Å². The van der Waals surface area contributed by atoms with Crippen LogP contribution in [0.2, 0.25) is 0 Å². The molecule has 3 nitrogen and oxygen atoms in total. The summed E-state index contributed by atoms with van der Waals surface area (Å²) >= 11 is 0. The van der Waals surface area contributed by atoms with E-state index in [0.29, 0.717) is 0 Å². The summed E-state index contributed by atoms with van der Waals surface area (Å²) in [5.74, 6) is 0.0381. The van der Waals surface area contributed by atoms with E-state index in [1.54, 1.807) is 6.08 Å². The molecule has 19 heavy (non-hydrogen) atoms. The van der Waals surface area contributed by atoms with Crippen LogP contribution in [0.15, 0.2) is 24.3 Å². The third-order valence-electron chi connectivity index (χ3n) is 3.17. The molecule has 1 amide bonds. The van der Waals surface area contributed by atoms with E-state index < -0.39 is 0 Å². The van der Waals surface area contributed by atoms with Crippen molar-refractivity contribution in [3.63, 3.8) is 0 Å². The highest BCUT2D eigenvalue weighted by Crippen LogP contribution is 2.12. The second-order valence-electron chi connectivity index (χ2n) is 5.24. The van der Waals surface area contributed by atoms with Gasteiger partial charge in [-0.2, -0.15) is 0 Å². The molecule has 0 unspecified atom stereocenters. The van der Waals surface area contributed by atoms with Crippen molar-refractivity contribution in [1.29, 1.82) is 0 Å². The van der Waals surface area contributed by atoms with Gasteiger partial charge in [0, 0.05) is 6.08 Å². The summed E-state index contributed by atoms with van der Waals surface area (Å²) < 4.78 is 0. The Kier molecular flexibility index (Phi) is 5.77. The molecular weight excluding hydrogens is 238 g/mol. The van der Waals surface area contributed by atoms with E-state index in [2.05, 4.69) is 11.4 Å². The number of benzene rings is 1. The highest BCUT2D eigenvalue weighted by atomic mass is 16.3. The Labute approximate surface area is 115 Å². The number of hydrogen-bond donors (Lipinski definition) is 2. The fourth-order valence-electron chi connectivity index (χ4n) is 1.83. The zero-order chi connectivity index (χ0) is 14.4. The van der Waals surface area contributed by atoms with Crippen LogP contribution in [-0.4, -0.2) is 23.7 Å². The standard InChI is InChI=1S/C16H23NO2/c1-11(2)15(10-18)17-16(19)8-7-14-6-5-12(3)9-13(14)4/h5-9,11,15,18H,10H2,1-4H3,(H,17,19)/t15-/m1/s1. The third kappa shape index (κ3) is 4.87. The van der Waals surface area contributed by atoms with E-state index >= 15 is 0 Å². The van der Waals surface area contributed by atoms with Gasteiger partial charge in [0.15, 0.2) is 0 Å². The van der Waals surface area contributed by atoms with Crippen LogP contribution in [0.25, 0.3) is 6.08 Å². The van der Waals surface area contributed by atoms with Gasteiger partial charge in [0.2, 0.25) is 5.91 Å². The molecule has 1 aromatic rings. The van der Waals surface area contributed by atoms with Crippen LogP contribution in [0, 0.1) is 19.8 Å². The normalized spacial score (nSPS) is 12.9. The minimum Gasteiger partial charge on any atom is -0.394 e. The van der Waals surface area contributed by atoms with E-state index in [1.165, 1.54) is 11.6 Å². The first-order valence-electron chi connectivity index (χ1n) is 6.60. The Balaban J connectivity index is 2.68. The first kappa shape index (κ1) is 15.4. The van der Waals surface area contributed by atoms with Crippen LogP contribution in [0.3, 0.4) is 0 Å². The molecule has 0 aromatic heterocycles. The SMILES string of the molecule is Cc1ccc(C=CC(=O)N[C@H](CO)C(C)C)c(C)c1. The molecule has 0 radical (unpaired) electrons. The summed E-state index contributed by atoms with van der Waals surface area (Å²) in [6.45, 7) is 7.96. The first-order valence-corrected chi connectivity index (χ1v) is 6.60. The van der Waals surface area contributed by atoms with Gasteiger partial charge in [0.25, 0.3) is 0 Å². The molecule has 0 spiro atoms. The van der Waals surface area contributed by atoms with E-state index in [4.69, 9.17) is 5.11 Å². The van der Waals surface area contributed by atoms with Gasteiger partial charge in [0.05, 0.1) is 12.6 Å². The molecule has 0 aliphatic carbocycles. The number of aliphatic hydroxyl groups excluding tert-OH is 1. The van der Waals surface area contributed by atoms with Gasteiger partial charge in [-0.15, -0.1) is 0 Å². The van der Waals surface area contributed by atoms with E-state index in [0.717, 1.165) is 11.1 Å². The molecular formula is C16H23NO2. The third-order valence-corrected chi connectivity index (χ3v) is 3.17. The summed E-state index contributed by atoms with van der Waals surface area (Å²) in [5, 5.41) is 12.0. The topological polar surface area (TPSA) is 49.3 Å². The molecule has 2 N–H and O–H groups in total. The minimum absolute atomic E-state index is 0.0409. The average Bonchev–Trinajstić information content (AvgIpc) is 2.34. The summed E-state index contributed by atoms with van der Waals surface area (Å²) in [6.07, 6.45) is 3.32. The van der Waals surface area contributed by atoms with Crippen molar-refractivity contribution in [2.24, 2.45) is 5.92 Å². The molecule has 0 saturated carbocycles. The van der Waals surface area contributed by atoms with E-state index in [9.17, 15) is 4.79 Å². The quantitative estimate of drug-likeness (QED) is 0.800. The monoisotopic (exact) mass is 261 g/mol. The van der Waals surface area contributed by atoms with Crippen LogP contribution >= 0.6 is 0 Å². The number of hydrogen-bond acceptors (Lipinski definition) is 2. The number of carbonyl (C=O) groups is 1. The number of nitrogens with one attached hydrogen (secondary N) is 1. The first-order chi connectivity index (χ1) is 8.93.